The van der Waals surface area contributed by atoms with Crippen molar-refractivity contribution in [3.63, 3.8) is 0 Å². The fourth-order valence-electron chi connectivity index (χ4n) is 4.18. The maximum absolute atomic E-state index is 13.3. The summed E-state index contributed by atoms with van der Waals surface area (Å²) in [6.45, 7) is 3.86. The van der Waals surface area contributed by atoms with Crippen LogP contribution in [0.2, 0.25) is 0 Å². The third-order valence-electron chi connectivity index (χ3n) is 6.20. The van der Waals surface area contributed by atoms with Gasteiger partial charge in [0.1, 0.15) is 18.1 Å². The number of amides is 3. The summed E-state index contributed by atoms with van der Waals surface area (Å²) in [4.78, 5) is 60.9. The van der Waals surface area contributed by atoms with Gasteiger partial charge in [0.25, 0.3) is 0 Å². The van der Waals surface area contributed by atoms with Crippen molar-refractivity contribution in [1.29, 1.82) is 0 Å². The van der Waals surface area contributed by atoms with Crippen LogP contribution in [-0.2, 0) is 32.0 Å². The van der Waals surface area contributed by atoms with Gasteiger partial charge in [0.05, 0.1) is 12.4 Å². The highest BCUT2D eigenvalue weighted by Gasteiger charge is 2.31. The normalized spacial score (nSPS) is 14.4. The second-order valence-corrected chi connectivity index (χ2v) is 10.2. The zero-order valence-electron chi connectivity index (χ0n) is 21.8. The third kappa shape index (κ3) is 8.32. The maximum Gasteiger partial charge on any atom is 0.326 e. The van der Waals surface area contributed by atoms with E-state index in [1.165, 1.54) is 12.5 Å². The summed E-state index contributed by atoms with van der Waals surface area (Å²) in [5.74, 6) is -2.94. The van der Waals surface area contributed by atoms with Crippen LogP contribution >= 0.6 is 12.6 Å². The van der Waals surface area contributed by atoms with E-state index in [0.29, 0.717) is 12.1 Å². The molecule has 3 amide bonds. The number of hydrogen-bond acceptors (Lipinski definition) is 7. The average Bonchev–Trinajstić information content (AvgIpc) is 3.55. The van der Waals surface area contributed by atoms with E-state index >= 15 is 0 Å². The van der Waals surface area contributed by atoms with E-state index in [0.717, 1.165) is 16.5 Å². The van der Waals surface area contributed by atoms with Crippen LogP contribution in [0, 0.1) is 5.92 Å². The molecule has 4 atom stereocenters. The van der Waals surface area contributed by atoms with Crippen molar-refractivity contribution in [3.8, 4) is 0 Å². The van der Waals surface area contributed by atoms with Gasteiger partial charge in [0, 0.05) is 47.6 Å². The first-order valence-electron chi connectivity index (χ1n) is 12.6. The highest BCUT2D eigenvalue weighted by Crippen LogP contribution is 2.19. The van der Waals surface area contributed by atoms with Crippen LogP contribution in [-0.4, -0.2) is 73.7 Å². The third-order valence-corrected chi connectivity index (χ3v) is 6.57. The number of carbonyl (C=O) groups excluding carboxylic acids is 3. The van der Waals surface area contributed by atoms with E-state index in [1.807, 2.05) is 38.1 Å². The number of H-pyrrole nitrogens is 2. The summed E-state index contributed by atoms with van der Waals surface area (Å²) in [7, 11) is 0. The number of carboxylic acid groups (broad SMARTS) is 1. The lowest BCUT2D eigenvalue weighted by molar-refractivity contribution is -0.142. The fourth-order valence-corrected chi connectivity index (χ4v) is 4.44. The molecule has 0 fully saturated rings. The van der Waals surface area contributed by atoms with E-state index in [2.05, 4.69) is 43.5 Å². The summed E-state index contributed by atoms with van der Waals surface area (Å²) in [6.07, 6.45) is 5.10. The van der Waals surface area contributed by atoms with Gasteiger partial charge in [-0.2, -0.15) is 12.6 Å². The molecule has 0 spiro atoms. The molecule has 3 aromatic rings. The van der Waals surface area contributed by atoms with Crippen LogP contribution in [0.15, 0.2) is 43.0 Å². The lowest BCUT2D eigenvalue weighted by atomic mass is 10.0. The number of thiol groups is 1. The van der Waals surface area contributed by atoms with Gasteiger partial charge < -0.3 is 36.8 Å². The molecule has 0 aliphatic heterocycles. The number of carboxylic acids is 1. The van der Waals surface area contributed by atoms with Crippen LogP contribution in [0.1, 0.15) is 31.5 Å². The molecule has 0 saturated carbocycles. The van der Waals surface area contributed by atoms with Crippen LogP contribution in [0.4, 0.5) is 0 Å². The molecular weight excluding hydrogens is 522 g/mol. The predicted molar refractivity (Wildman–Crippen MR) is 149 cm³/mol. The molecule has 0 saturated heterocycles. The smallest absolute Gasteiger partial charge is 0.326 e. The summed E-state index contributed by atoms with van der Waals surface area (Å²) >= 11 is 4.18. The van der Waals surface area contributed by atoms with Gasteiger partial charge in [-0.25, -0.2) is 9.78 Å². The fraction of sp³-hybridized carbons (Fsp3) is 0.423. The van der Waals surface area contributed by atoms with Gasteiger partial charge >= 0.3 is 5.97 Å². The highest BCUT2D eigenvalue weighted by atomic mass is 32.1. The number of nitrogens with two attached hydrogens (primary N) is 1. The first kappa shape index (κ1) is 29.7. The van der Waals surface area contributed by atoms with Gasteiger partial charge in [-0.05, 0) is 24.0 Å². The molecule has 3 rings (SSSR count). The lowest BCUT2D eigenvalue weighted by Gasteiger charge is -2.24. The maximum atomic E-state index is 13.3. The van der Waals surface area contributed by atoms with Crippen molar-refractivity contribution in [2.45, 2.75) is 57.3 Å². The number of rotatable bonds is 14. The number of hydrogen-bond donors (Lipinski definition) is 8. The topological polar surface area (TPSA) is 195 Å². The van der Waals surface area contributed by atoms with Crippen molar-refractivity contribution >= 4 is 47.2 Å². The van der Waals surface area contributed by atoms with Gasteiger partial charge in [-0.15, -0.1) is 0 Å². The van der Waals surface area contributed by atoms with E-state index in [1.54, 1.807) is 6.20 Å². The van der Waals surface area contributed by atoms with E-state index in [-0.39, 0.29) is 24.5 Å². The quantitative estimate of drug-likeness (QED) is 0.132. The predicted octanol–water partition coefficient (Wildman–Crippen LogP) is 0.518. The van der Waals surface area contributed by atoms with Crippen molar-refractivity contribution in [2.75, 3.05) is 5.75 Å². The number of nitrogens with one attached hydrogen (secondary N) is 5. The summed E-state index contributed by atoms with van der Waals surface area (Å²) in [5, 5.41) is 18.5. The molecule has 2 heterocycles. The number of para-hydroxylation sites is 1. The molecule has 2 aromatic heterocycles. The van der Waals surface area contributed by atoms with Crippen molar-refractivity contribution in [2.24, 2.45) is 11.7 Å². The molecule has 0 radical (unpaired) electrons. The molecule has 39 heavy (non-hydrogen) atoms. The molecule has 12 nitrogen and oxygen atoms in total. The lowest BCUT2D eigenvalue weighted by Crippen LogP contribution is -2.58. The molecule has 0 aliphatic rings. The zero-order chi connectivity index (χ0) is 28.5. The first-order chi connectivity index (χ1) is 18.6. The number of aromatic amines is 2. The molecule has 0 bridgehead atoms. The number of imidazole rings is 1. The minimum Gasteiger partial charge on any atom is -0.480 e. The number of nitrogens with zero attached hydrogens (tertiary/aromatic N) is 1. The van der Waals surface area contributed by atoms with Crippen LogP contribution in [0.3, 0.4) is 0 Å². The Kier molecular flexibility index (Phi) is 10.5. The second-order valence-electron chi connectivity index (χ2n) is 9.78. The Hall–Kier alpha value is -3.84. The SMILES string of the molecule is CC(C)CC(N)C(=O)NC(CS)C(=O)NC(Cc1cnc[nH]1)C(=O)NC(Cc1c[nH]c2ccccc12)C(=O)O. The monoisotopic (exact) mass is 557 g/mol. The number of carbonyl (C=O) groups is 4. The largest absolute Gasteiger partial charge is 0.480 e. The molecule has 4 unspecified atom stereocenters. The Morgan fingerprint density at radius 2 is 1.64 bits per heavy atom. The van der Waals surface area contributed by atoms with Crippen LogP contribution < -0.4 is 21.7 Å². The molecule has 210 valence electrons. The number of aliphatic carboxylic acids is 1. The van der Waals surface area contributed by atoms with Crippen LogP contribution in [0.5, 0.6) is 0 Å². The van der Waals surface area contributed by atoms with Gasteiger partial charge in [-0.1, -0.05) is 32.0 Å². The molecular formula is C26H35N7O5S. The zero-order valence-corrected chi connectivity index (χ0v) is 22.7. The number of benzene rings is 1. The minimum atomic E-state index is -1.26. The molecule has 1 aromatic carbocycles. The summed E-state index contributed by atoms with van der Waals surface area (Å²) < 4.78 is 0. The highest BCUT2D eigenvalue weighted by molar-refractivity contribution is 7.80. The molecule has 8 N–H and O–H groups in total. The standard InChI is InChI=1S/C26H35N7O5S/c1-14(2)7-18(27)23(34)33-22(12-39)25(36)31-20(9-16-11-28-13-30-16)24(35)32-21(26(37)38)8-15-10-29-19-6-4-3-5-17(15)19/h3-6,10-11,13-14,18,20-22,29,39H,7-9,12,27H2,1-2H3,(H,28,30)(H,31,36)(H,32,35)(H,33,34)(H,37,38). The molecule has 0 aliphatic carbocycles. The Morgan fingerprint density at radius 1 is 0.974 bits per heavy atom. The van der Waals surface area contributed by atoms with E-state index < -0.39 is 47.9 Å². The van der Waals surface area contributed by atoms with E-state index in [4.69, 9.17) is 5.73 Å². The van der Waals surface area contributed by atoms with E-state index in [9.17, 15) is 24.3 Å². The average molecular weight is 558 g/mol. The van der Waals surface area contributed by atoms with Crippen molar-refractivity contribution < 1.29 is 24.3 Å². The molecule has 13 heteroatoms. The van der Waals surface area contributed by atoms with Gasteiger partial charge in [-0.3, -0.25) is 14.4 Å². The van der Waals surface area contributed by atoms with Crippen LogP contribution in [0.25, 0.3) is 10.9 Å². The summed E-state index contributed by atoms with van der Waals surface area (Å²) in [5.41, 5.74) is 8.05. The number of fused-ring (bicyclic) bond motifs is 1. The summed E-state index contributed by atoms with van der Waals surface area (Å²) in [6, 6.07) is 3.16. The minimum absolute atomic E-state index is 0.0110. The first-order valence-corrected chi connectivity index (χ1v) is 13.2. The van der Waals surface area contributed by atoms with Gasteiger partial charge in [0.2, 0.25) is 17.7 Å². The van der Waals surface area contributed by atoms with Crippen molar-refractivity contribution in [3.05, 3.63) is 54.2 Å². The number of aromatic nitrogens is 3. The Labute approximate surface area is 231 Å². The Bertz CT molecular complexity index is 1280. The second kappa shape index (κ2) is 13.8. The Balaban J connectivity index is 1.74. The van der Waals surface area contributed by atoms with Crippen molar-refractivity contribution in [1.82, 2.24) is 30.9 Å². The Morgan fingerprint density at radius 3 is 2.28 bits per heavy atom. The van der Waals surface area contributed by atoms with Gasteiger partial charge in [0.15, 0.2) is 0 Å².